The molecule has 2 rings (SSSR count). The molecule has 0 aliphatic heterocycles. The van der Waals surface area contributed by atoms with E-state index in [9.17, 15) is 0 Å². The third-order valence-electron chi connectivity index (χ3n) is 2.48. The van der Waals surface area contributed by atoms with Crippen LogP contribution in [0.2, 0.25) is 0 Å². The predicted molar refractivity (Wildman–Crippen MR) is 71.2 cm³/mol. The molecule has 0 N–H and O–H groups in total. The second kappa shape index (κ2) is 6.08. The molecule has 0 radical (unpaired) electrons. The van der Waals surface area contributed by atoms with Gasteiger partial charge in [0.25, 0.3) is 0 Å². The first-order valence-corrected chi connectivity index (χ1v) is 6.45. The van der Waals surface area contributed by atoms with Crippen LogP contribution in [0.5, 0.6) is 11.5 Å². The molecule has 0 unspecified atom stereocenters. The van der Waals surface area contributed by atoms with Crippen molar-refractivity contribution in [2.24, 2.45) is 0 Å². The number of thiophene rings is 1. The maximum absolute atomic E-state index is 8.80. The molecule has 92 valence electrons. The van der Waals surface area contributed by atoms with E-state index in [2.05, 4.69) is 17.5 Å². The summed E-state index contributed by atoms with van der Waals surface area (Å²) in [6, 6.07) is 11.4. The van der Waals surface area contributed by atoms with E-state index < -0.39 is 0 Å². The van der Waals surface area contributed by atoms with Gasteiger partial charge in [-0.25, -0.2) is 0 Å². The van der Waals surface area contributed by atoms with E-state index in [4.69, 9.17) is 14.7 Å². The minimum absolute atomic E-state index is 0.567. The maximum atomic E-state index is 8.80. The molecule has 0 bridgehead atoms. The Hall–Kier alpha value is -1.99. The Balaban J connectivity index is 1.98. The van der Waals surface area contributed by atoms with Crippen LogP contribution in [0.3, 0.4) is 0 Å². The van der Waals surface area contributed by atoms with E-state index >= 15 is 0 Å². The number of benzene rings is 1. The van der Waals surface area contributed by atoms with E-state index in [1.807, 2.05) is 6.07 Å². The van der Waals surface area contributed by atoms with Gasteiger partial charge in [-0.3, -0.25) is 0 Å². The summed E-state index contributed by atoms with van der Waals surface area (Å²) in [5.41, 5.74) is 0.567. The van der Waals surface area contributed by atoms with Gasteiger partial charge in [0.2, 0.25) is 0 Å². The molecule has 0 atom stereocenters. The molecule has 1 aromatic heterocycles. The number of nitriles is 1. The van der Waals surface area contributed by atoms with Gasteiger partial charge in [-0.2, -0.15) is 5.26 Å². The molecule has 1 heterocycles. The molecule has 1 aromatic carbocycles. The zero-order chi connectivity index (χ0) is 12.8. The Kier molecular flexibility index (Phi) is 4.21. The summed E-state index contributed by atoms with van der Waals surface area (Å²) >= 11 is 1.72. The second-order valence-corrected chi connectivity index (χ2v) is 4.69. The molecule has 2 aromatic rings. The summed E-state index contributed by atoms with van der Waals surface area (Å²) < 4.78 is 10.9. The van der Waals surface area contributed by atoms with Crippen molar-refractivity contribution in [2.45, 2.75) is 6.42 Å². The van der Waals surface area contributed by atoms with Crippen LogP contribution in [0.1, 0.15) is 10.4 Å². The molecular weight excluding hydrogens is 246 g/mol. The highest BCUT2D eigenvalue weighted by Crippen LogP contribution is 2.28. The topological polar surface area (TPSA) is 42.2 Å². The fourth-order valence-corrected chi connectivity index (χ4v) is 2.26. The molecule has 0 amide bonds. The predicted octanol–water partition coefficient (Wildman–Crippen LogP) is 3.25. The first kappa shape index (κ1) is 12.5. The molecule has 0 spiro atoms. The Morgan fingerprint density at radius 1 is 1.28 bits per heavy atom. The van der Waals surface area contributed by atoms with Gasteiger partial charge in [0.1, 0.15) is 0 Å². The maximum Gasteiger partial charge on any atom is 0.162 e. The van der Waals surface area contributed by atoms with Crippen molar-refractivity contribution < 1.29 is 9.47 Å². The molecule has 0 aliphatic rings. The molecular formula is C14H13NO2S. The largest absolute Gasteiger partial charge is 0.493 e. The van der Waals surface area contributed by atoms with E-state index in [0.717, 1.165) is 6.42 Å². The smallest absolute Gasteiger partial charge is 0.162 e. The molecule has 4 heteroatoms. The minimum Gasteiger partial charge on any atom is -0.493 e. The highest BCUT2D eigenvalue weighted by molar-refractivity contribution is 7.09. The minimum atomic E-state index is 0.567. The van der Waals surface area contributed by atoms with Gasteiger partial charge in [-0.1, -0.05) is 6.07 Å². The van der Waals surface area contributed by atoms with Crippen molar-refractivity contribution >= 4 is 11.3 Å². The van der Waals surface area contributed by atoms with Crippen molar-refractivity contribution in [3.8, 4) is 17.6 Å². The second-order valence-electron chi connectivity index (χ2n) is 3.66. The lowest BCUT2D eigenvalue weighted by atomic mass is 10.2. The quantitative estimate of drug-likeness (QED) is 0.827. The summed E-state index contributed by atoms with van der Waals surface area (Å²) in [6.07, 6.45) is 0.876. The average Bonchev–Trinajstić information content (AvgIpc) is 2.92. The molecule has 3 nitrogen and oxygen atoms in total. The Bertz CT molecular complexity index is 543. The molecule has 0 saturated heterocycles. The van der Waals surface area contributed by atoms with Crippen LogP contribution in [0.25, 0.3) is 0 Å². The van der Waals surface area contributed by atoms with Gasteiger partial charge in [0, 0.05) is 17.4 Å². The molecule has 0 aliphatic carbocycles. The SMILES string of the molecule is COc1cc(C#N)ccc1OCCc1cccs1. The van der Waals surface area contributed by atoms with Gasteiger partial charge >= 0.3 is 0 Å². The lowest BCUT2D eigenvalue weighted by Crippen LogP contribution is -2.01. The molecule has 0 saturated carbocycles. The van der Waals surface area contributed by atoms with E-state index in [1.54, 1.807) is 36.6 Å². The van der Waals surface area contributed by atoms with E-state index in [1.165, 1.54) is 4.88 Å². The van der Waals surface area contributed by atoms with Gasteiger partial charge in [0.15, 0.2) is 11.5 Å². The van der Waals surface area contributed by atoms with Crippen molar-refractivity contribution in [1.29, 1.82) is 5.26 Å². The Morgan fingerprint density at radius 2 is 2.17 bits per heavy atom. The summed E-state index contributed by atoms with van der Waals surface area (Å²) in [4.78, 5) is 1.29. The Labute approximate surface area is 110 Å². The lowest BCUT2D eigenvalue weighted by Gasteiger charge is -2.10. The molecule has 0 fully saturated rings. The highest BCUT2D eigenvalue weighted by atomic mass is 32.1. The molecule has 18 heavy (non-hydrogen) atoms. The van der Waals surface area contributed by atoms with E-state index in [-0.39, 0.29) is 0 Å². The summed E-state index contributed by atoms with van der Waals surface area (Å²) in [5.74, 6) is 1.27. The van der Waals surface area contributed by atoms with Crippen LogP contribution in [0, 0.1) is 11.3 Å². The third kappa shape index (κ3) is 3.02. The number of hydrogen-bond acceptors (Lipinski definition) is 4. The van der Waals surface area contributed by atoms with Crippen LogP contribution < -0.4 is 9.47 Å². The Morgan fingerprint density at radius 3 is 2.83 bits per heavy atom. The summed E-state index contributed by atoms with van der Waals surface area (Å²) in [7, 11) is 1.57. The van der Waals surface area contributed by atoms with Crippen LogP contribution in [0.4, 0.5) is 0 Å². The fraction of sp³-hybridized carbons (Fsp3) is 0.214. The summed E-state index contributed by atoms with van der Waals surface area (Å²) in [6.45, 7) is 0.600. The van der Waals surface area contributed by atoms with Crippen LogP contribution in [-0.2, 0) is 6.42 Å². The van der Waals surface area contributed by atoms with Gasteiger partial charge < -0.3 is 9.47 Å². The zero-order valence-electron chi connectivity index (χ0n) is 10.1. The van der Waals surface area contributed by atoms with Gasteiger partial charge in [-0.05, 0) is 23.6 Å². The van der Waals surface area contributed by atoms with Gasteiger partial charge in [-0.15, -0.1) is 11.3 Å². The number of nitrogens with zero attached hydrogens (tertiary/aromatic N) is 1. The fourth-order valence-electron chi connectivity index (χ4n) is 1.57. The first-order valence-electron chi connectivity index (χ1n) is 5.57. The lowest BCUT2D eigenvalue weighted by molar-refractivity contribution is 0.298. The monoisotopic (exact) mass is 259 g/mol. The van der Waals surface area contributed by atoms with Crippen molar-refractivity contribution in [3.63, 3.8) is 0 Å². The number of rotatable bonds is 5. The normalized spacial score (nSPS) is 9.78. The van der Waals surface area contributed by atoms with Crippen LogP contribution in [-0.4, -0.2) is 13.7 Å². The van der Waals surface area contributed by atoms with Crippen molar-refractivity contribution in [1.82, 2.24) is 0 Å². The van der Waals surface area contributed by atoms with Crippen molar-refractivity contribution in [3.05, 3.63) is 46.2 Å². The van der Waals surface area contributed by atoms with Crippen LogP contribution in [0.15, 0.2) is 35.7 Å². The number of methoxy groups -OCH3 is 1. The van der Waals surface area contributed by atoms with E-state index in [0.29, 0.717) is 23.7 Å². The number of hydrogen-bond donors (Lipinski definition) is 0. The summed E-state index contributed by atoms with van der Waals surface area (Å²) in [5, 5.41) is 10.9. The first-order chi connectivity index (χ1) is 8.83. The zero-order valence-corrected chi connectivity index (χ0v) is 10.9. The van der Waals surface area contributed by atoms with Crippen LogP contribution >= 0.6 is 11.3 Å². The standard InChI is InChI=1S/C14H13NO2S/c1-16-14-9-11(10-15)4-5-13(14)17-7-6-12-3-2-8-18-12/h2-5,8-9H,6-7H2,1H3. The highest BCUT2D eigenvalue weighted by Gasteiger charge is 2.05. The van der Waals surface area contributed by atoms with Crippen molar-refractivity contribution in [2.75, 3.05) is 13.7 Å². The van der Waals surface area contributed by atoms with Gasteiger partial charge in [0.05, 0.1) is 25.3 Å². The third-order valence-corrected chi connectivity index (χ3v) is 3.42. The number of ether oxygens (including phenoxy) is 2. The average molecular weight is 259 g/mol.